The van der Waals surface area contributed by atoms with Crippen LogP contribution in [0.1, 0.15) is 303 Å². The molecule has 0 unspecified atom stereocenters. The van der Waals surface area contributed by atoms with E-state index in [9.17, 15) is 14.4 Å². The number of allylic oxidation sites excluding steroid dienone is 14. The van der Waals surface area contributed by atoms with Crippen molar-refractivity contribution in [3.05, 3.63) is 85.1 Å². The number of ether oxygens (including phenoxy) is 3. The molecule has 0 saturated carbocycles. The van der Waals surface area contributed by atoms with E-state index in [2.05, 4.69) is 106 Å². The third-order valence-corrected chi connectivity index (χ3v) is 13.4. The van der Waals surface area contributed by atoms with Gasteiger partial charge in [-0.1, -0.05) is 254 Å². The van der Waals surface area contributed by atoms with Gasteiger partial charge < -0.3 is 14.2 Å². The second-order valence-corrected chi connectivity index (χ2v) is 20.6. The van der Waals surface area contributed by atoms with Crippen molar-refractivity contribution in [2.45, 2.75) is 309 Å². The topological polar surface area (TPSA) is 78.9 Å². The maximum atomic E-state index is 12.9. The zero-order chi connectivity index (χ0) is 52.9. The van der Waals surface area contributed by atoms with Crippen molar-refractivity contribution in [3.8, 4) is 0 Å². The Morgan fingerprint density at radius 1 is 0.288 bits per heavy atom. The number of unbranched alkanes of at least 4 members (excludes halogenated alkanes) is 31. The summed E-state index contributed by atoms with van der Waals surface area (Å²) in [6.07, 6.45) is 80.1. The fraction of sp³-hybridized carbons (Fsp3) is 0.746. The summed E-state index contributed by atoms with van der Waals surface area (Å²) in [4.78, 5) is 38.3. The molecule has 0 aliphatic carbocycles. The van der Waals surface area contributed by atoms with Crippen LogP contribution in [0.3, 0.4) is 0 Å². The van der Waals surface area contributed by atoms with Crippen LogP contribution in [0, 0.1) is 0 Å². The first-order chi connectivity index (χ1) is 36.0. The van der Waals surface area contributed by atoms with Crippen LogP contribution >= 0.6 is 0 Å². The van der Waals surface area contributed by atoms with Gasteiger partial charge in [-0.3, -0.25) is 14.4 Å². The zero-order valence-corrected chi connectivity index (χ0v) is 48.1. The van der Waals surface area contributed by atoms with Gasteiger partial charge in [0.25, 0.3) is 0 Å². The van der Waals surface area contributed by atoms with Crippen LogP contribution in [0.25, 0.3) is 0 Å². The third-order valence-electron chi connectivity index (χ3n) is 13.4. The van der Waals surface area contributed by atoms with Gasteiger partial charge in [-0.25, -0.2) is 0 Å². The third kappa shape index (κ3) is 59.3. The molecule has 73 heavy (non-hydrogen) atoms. The SMILES string of the molecule is CC/C=C\C/C=C\C/C=C\C/C=C\C/C=C\CCCCCC(=O)OC[C@H](COC(=O)CCCCCCCCCCCCC/C=C\CCCCCCCC)OC(=O)CCCCCCC/C=C\CCCCCCCC. The quantitative estimate of drug-likeness (QED) is 0.0261. The van der Waals surface area contributed by atoms with Gasteiger partial charge in [0.15, 0.2) is 6.10 Å². The van der Waals surface area contributed by atoms with Crippen LogP contribution in [0.4, 0.5) is 0 Å². The molecule has 1 atom stereocenters. The van der Waals surface area contributed by atoms with Crippen LogP contribution in [0.2, 0.25) is 0 Å². The van der Waals surface area contributed by atoms with Gasteiger partial charge in [0, 0.05) is 19.3 Å². The van der Waals surface area contributed by atoms with E-state index < -0.39 is 6.10 Å². The van der Waals surface area contributed by atoms with Crippen molar-refractivity contribution in [2.24, 2.45) is 0 Å². The number of carbonyl (C=O) groups is 3. The minimum atomic E-state index is -0.796. The molecule has 0 saturated heterocycles. The summed E-state index contributed by atoms with van der Waals surface area (Å²) in [5.41, 5.74) is 0. The van der Waals surface area contributed by atoms with Crippen molar-refractivity contribution >= 4 is 17.9 Å². The van der Waals surface area contributed by atoms with Crippen molar-refractivity contribution in [1.29, 1.82) is 0 Å². The van der Waals surface area contributed by atoms with E-state index in [-0.39, 0.29) is 31.1 Å². The average Bonchev–Trinajstić information content (AvgIpc) is 3.39. The fourth-order valence-electron chi connectivity index (χ4n) is 8.69. The predicted octanol–water partition coefficient (Wildman–Crippen LogP) is 21.1. The molecule has 0 N–H and O–H groups in total. The summed E-state index contributed by atoms with van der Waals surface area (Å²) in [7, 11) is 0. The van der Waals surface area contributed by atoms with E-state index in [4.69, 9.17) is 14.2 Å². The fourth-order valence-corrected chi connectivity index (χ4v) is 8.69. The van der Waals surface area contributed by atoms with Crippen LogP contribution in [0.15, 0.2) is 85.1 Å². The summed E-state index contributed by atoms with van der Waals surface area (Å²) in [5.74, 6) is -0.922. The summed E-state index contributed by atoms with van der Waals surface area (Å²) >= 11 is 0. The van der Waals surface area contributed by atoms with E-state index in [1.165, 1.54) is 154 Å². The van der Waals surface area contributed by atoms with Crippen molar-refractivity contribution in [1.82, 2.24) is 0 Å². The second kappa shape index (κ2) is 61.1. The largest absolute Gasteiger partial charge is 0.462 e. The molecular formula is C67H116O6. The molecule has 0 spiro atoms. The molecule has 0 bridgehead atoms. The molecule has 6 nitrogen and oxygen atoms in total. The van der Waals surface area contributed by atoms with Gasteiger partial charge >= 0.3 is 17.9 Å². The van der Waals surface area contributed by atoms with Crippen molar-refractivity contribution in [3.63, 3.8) is 0 Å². The molecule has 0 aliphatic rings. The minimum Gasteiger partial charge on any atom is -0.462 e. The monoisotopic (exact) mass is 1020 g/mol. The maximum absolute atomic E-state index is 12.9. The normalized spacial score (nSPS) is 12.6. The molecule has 0 aromatic carbocycles. The Morgan fingerprint density at radius 3 is 0.863 bits per heavy atom. The van der Waals surface area contributed by atoms with E-state index in [0.717, 1.165) is 109 Å². The number of rotatable bonds is 56. The van der Waals surface area contributed by atoms with Crippen LogP contribution in [0.5, 0.6) is 0 Å². The standard InChI is InChI=1S/C67H116O6/c1-4-7-10-13-16-19-22-25-28-30-32-33-35-37-40-42-45-48-51-54-57-60-66(69)72-63-64(73-67(70)61-58-55-52-49-46-43-38-27-24-21-18-15-12-9-6-3)62-71-65(68)59-56-53-50-47-44-41-39-36-34-31-29-26-23-20-17-14-11-8-5-2/h8,11,17,20,25-29,34,36,38,41,44,64H,4-7,9-10,12-16,18-19,21-24,30-33,35,37,39-40,42-43,45-63H2,1-3H3/b11-8-,20-17-,28-25-,29-26-,36-34-,38-27-,44-41-/t64-/m1/s1. The van der Waals surface area contributed by atoms with Gasteiger partial charge in [-0.05, 0) is 116 Å². The van der Waals surface area contributed by atoms with Crippen LogP contribution < -0.4 is 0 Å². The molecule has 0 aliphatic heterocycles. The number of hydrogen-bond acceptors (Lipinski definition) is 6. The van der Waals surface area contributed by atoms with Gasteiger partial charge in [-0.2, -0.15) is 0 Å². The average molecular weight is 1020 g/mol. The highest BCUT2D eigenvalue weighted by Crippen LogP contribution is 2.16. The van der Waals surface area contributed by atoms with Crippen LogP contribution in [-0.2, 0) is 28.6 Å². The Morgan fingerprint density at radius 2 is 0.534 bits per heavy atom. The molecule has 0 heterocycles. The molecule has 0 fully saturated rings. The summed E-state index contributed by atoms with van der Waals surface area (Å²) in [6.45, 7) is 6.51. The molecule has 0 amide bonds. The summed E-state index contributed by atoms with van der Waals surface area (Å²) < 4.78 is 16.9. The Labute approximate surface area is 452 Å². The van der Waals surface area contributed by atoms with E-state index >= 15 is 0 Å². The first kappa shape index (κ1) is 69.6. The van der Waals surface area contributed by atoms with Gasteiger partial charge in [-0.15, -0.1) is 0 Å². The van der Waals surface area contributed by atoms with Gasteiger partial charge in [0.2, 0.25) is 0 Å². The number of carbonyl (C=O) groups excluding carboxylic acids is 3. The van der Waals surface area contributed by atoms with E-state index in [1.807, 2.05) is 0 Å². The number of hydrogen-bond donors (Lipinski definition) is 0. The lowest BCUT2D eigenvalue weighted by atomic mass is 10.0. The molecule has 0 rings (SSSR count). The Balaban J connectivity index is 4.41. The Kier molecular flexibility index (Phi) is 58.3. The Bertz CT molecular complexity index is 1400. The van der Waals surface area contributed by atoms with Crippen molar-refractivity contribution in [2.75, 3.05) is 13.2 Å². The smallest absolute Gasteiger partial charge is 0.306 e. The van der Waals surface area contributed by atoms with Gasteiger partial charge in [0.1, 0.15) is 13.2 Å². The summed E-state index contributed by atoms with van der Waals surface area (Å²) in [5, 5.41) is 0. The van der Waals surface area contributed by atoms with E-state index in [0.29, 0.717) is 19.3 Å². The zero-order valence-electron chi connectivity index (χ0n) is 48.1. The van der Waals surface area contributed by atoms with E-state index in [1.54, 1.807) is 0 Å². The van der Waals surface area contributed by atoms with Crippen LogP contribution in [-0.4, -0.2) is 37.2 Å². The molecule has 0 aromatic rings. The second-order valence-electron chi connectivity index (χ2n) is 20.6. The lowest BCUT2D eigenvalue weighted by Crippen LogP contribution is -2.30. The highest BCUT2D eigenvalue weighted by Gasteiger charge is 2.19. The van der Waals surface area contributed by atoms with Gasteiger partial charge in [0.05, 0.1) is 0 Å². The predicted molar refractivity (Wildman–Crippen MR) is 316 cm³/mol. The van der Waals surface area contributed by atoms with Crippen molar-refractivity contribution < 1.29 is 28.6 Å². The molecule has 0 aromatic heterocycles. The molecule has 420 valence electrons. The molecule has 0 radical (unpaired) electrons. The highest BCUT2D eigenvalue weighted by atomic mass is 16.6. The highest BCUT2D eigenvalue weighted by molar-refractivity contribution is 5.71. The lowest BCUT2D eigenvalue weighted by Gasteiger charge is -2.18. The molecule has 6 heteroatoms. The number of esters is 3. The first-order valence-electron chi connectivity index (χ1n) is 31.1. The molecular weight excluding hydrogens is 901 g/mol. The lowest BCUT2D eigenvalue weighted by molar-refractivity contribution is -0.167. The first-order valence-corrected chi connectivity index (χ1v) is 31.1. The minimum absolute atomic E-state index is 0.0899. The maximum Gasteiger partial charge on any atom is 0.306 e. The summed E-state index contributed by atoms with van der Waals surface area (Å²) in [6, 6.07) is 0. The Hall–Kier alpha value is -3.41.